The fraction of sp³-hybridized carbons (Fsp3) is 0.400. The van der Waals surface area contributed by atoms with Gasteiger partial charge in [0.05, 0.1) is 19.2 Å². The molecule has 0 aliphatic carbocycles. The zero-order valence-electron chi connectivity index (χ0n) is 16.8. The molecule has 1 N–H and O–H groups in total. The van der Waals surface area contributed by atoms with E-state index in [9.17, 15) is 9.59 Å². The Bertz CT molecular complexity index is 813. The van der Waals surface area contributed by atoms with Crippen molar-refractivity contribution in [3.8, 4) is 0 Å². The number of carbonyl (C=O) groups excluding carboxylic acids is 2. The molecule has 146 valence electrons. The number of methoxy groups -OCH3 is 1. The number of carbonyl (C=O) groups is 2. The van der Waals surface area contributed by atoms with Crippen molar-refractivity contribution in [2.24, 2.45) is 0 Å². The number of likely N-dealkylation sites (N-methyl/N-ethyl adjacent to an activating group) is 1. The Morgan fingerprint density at radius 3 is 2.30 bits per heavy atom. The van der Waals surface area contributed by atoms with Gasteiger partial charge in [-0.15, -0.1) is 11.3 Å². The molecule has 0 bridgehead atoms. The molecule has 0 aliphatic rings. The zero-order chi connectivity index (χ0) is 20.1. The number of anilines is 2. The van der Waals surface area contributed by atoms with Gasteiger partial charge in [-0.1, -0.05) is 12.1 Å². The smallest absolute Gasteiger partial charge is 0.341 e. The van der Waals surface area contributed by atoms with Crippen LogP contribution in [0.15, 0.2) is 24.3 Å². The summed E-state index contributed by atoms with van der Waals surface area (Å²) >= 11 is 1.39. The van der Waals surface area contributed by atoms with Crippen molar-refractivity contribution in [3.63, 3.8) is 0 Å². The Labute approximate surface area is 164 Å². The molecule has 1 aromatic heterocycles. The summed E-state index contributed by atoms with van der Waals surface area (Å²) in [5, 5.41) is 3.41. The van der Waals surface area contributed by atoms with Crippen LogP contribution >= 0.6 is 11.3 Å². The van der Waals surface area contributed by atoms with Crippen LogP contribution in [0.4, 0.5) is 10.7 Å². The van der Waals surface area contributed by atoms with Gasteiger partial charge in [-0.25, -0.2) is 4.79 Å². The van der Waals surface area contributed by atoms with Crippen molar-refractivity contribution >= 4 is 33.9 Å². The molecule has 0 radical (unpaired) electrons. The van der Waals surface area contributed by atoms with Crippen LogP contribution in [0.5, 0.6) is 0 Å². The normalized spacial score (nSPS) is 10.8. The summed E-state index contributed by atoms with van der Waals surface area (Å²) in [6, 6.07) is 8.24. The van der Waals surface area contributed by atoms with Crippen LogP contribution in [0.3, 0.4) is 0 Å². The third-order valence-corrected chi connectivity index (χ3v) is 5.47. The third-order valence-electron chi connectivity index (χ3n) is 4.35. The molecule has 27 heavy (non-hydrogen) atoms. The molecule has 7 heteroatoms. The first-order valence-corrected chi connectivity index (χ1v) is 9.47. The van der Waals surface area contributed by atoms with E-state index in [-0.39, 0.29) is 12.5 Å². The molecule has 0 saturated heterocycles. The lowest BCUT2D eigenvalue weighted by Crippen LogP contribution is -2.30. The van der Waals surface area contributed by atoms with E-state index in [2.05, 4.69) is 29.6 Å². The van der Waals surface area contributed by atoms with E-state index in [1.165, 1.54) is 18.4 Å². The van der Waals surface area contributed by atoms with Gasteiger partial charge in [0.15, 0.2) is 0 Å². The second-order valence-corrected chi connectivity index (χ2v) is 7.99. The Hall–Kier alpha value is -2.38. The number of rotatable bonds is 7. The minimum atomic E-state index is -0.429. The van der Waals surface area contributed by atoms with Gasteiger partial charge in [-0.3, -0.25) is 9.69 Å². The molecular formula is C20H27N3O3S. The van der Waals surface area contributed by atoms with E-state index in [1.807, 2.05) is 44.8 Å². The van der Waals surface area contributed by atoms with Gasteiger partial charge in [-0.2, -0.15) is 0 Å². The maximum atomic E-state index is 12.4. The number of ether oxygens (including phenoxy) is 1. The highest BCUT2D eigenvalue weighted by Crippen LogP contribution is 2.32. The maximum Gasteiger partial charge on any atom is 0.341 e. The lowest BCUT2D eigenvalue weighted by molar-refractivity contribution is -0.117. The molecule has 0 aliphatic heterocycles. The van der Waals surface area contributed by atoms with Crippen molar-refractivity contribution in [2.75, 3.05) is 45.0 Å². The summed E-state index contributed by atoms with van der Waals surface area (Å²) in [7, 11) is 7.24. The molecule has 6 nitrogen and oxygen atoms in total. The van der Waals surface area contributed by atoms with Crippen LogP contribution < -0.4 is 10.2 Å². The van der Waals surface area contributed by atoms with Crippen LogP contribution in [0.2, 0.25) is 0 Å². The molecule has 1 aromatic carbocycles. The molecule has 0 saturated carbocycles. The summed E-state index contributed by atoms with van der Waals surface area (Å²) in [5.41, 5.74) is 3.55. The Kier molecular flexibility index (Phi) is 6.98. The topological polar surface area (TPSA) is 61.9 Å². The number of nitrogens with zero attached hydrogens (tertiary/aromatic N) is 2. The average Bonchev–Trinajstić information content (AvgIpc) is 2.88. The number of esters is 1. The number of amides is 1. The van der Waals surface area contributed by atoms with E-state index in [4.69, 9.17) is 4.74 Å². The lowest BCUT2D eigenvalue weighted by Gasteiger charge is -2.17. The SMILES string of the molecule is COC(=O)c1c(NC(=O)CN(C)Cc2ccc(N(C)C)cc2)sc(C)c1C. The highest BCUT2D eigenvalue weighted by Gasteiger charge is 2.21. The second kappa shape index (κ2) is 9.01. The Morgan fingerprint density at radius 2 is 1.74 bits per heavy atom. The van der Waals surface area contributed by atoms with Crippen LogP contribution in [0.1, 0.15) is 26.4 Å². The number of aryl methyl sites for hydroxylation is 1. The van der Waals surface area contributed by atoms with E-state index in [1.54, 1.807) is 0 Å². The quantitative estimate of drug-likeness (QED) is 0.737. The fourth-order valence-electron chi connectivity index (χ4n) is 2.74. The van der Waals surface area contributed by atoms with E-state index < -0.39 is 5.97 Å². The van der Waals surface area contributed by atoms with Gasteiger partial charge in [0, 0.05) is 31.2 Å². The van der Waals surface area contributed by atoms with Gasteiger partial charge in [-0.05, 0) is 44.2 Å². The molecule has 2 rings (SSSR count). The number of benzene rings is 1. The molecule has 0 atom stereocenters. The van der Waals surface area contributed by atoms with E-state index in [0.717, 1.165) is 21.7 Å². The minimum absolute atomic E-state index is 0.159. The first-order valence-electron chi connectivity index (χ1n) is 8.66. The molecule has 1 amide bonds. The third kappa shape index (κ3) is 5.30. The molecular weight excluding hydrogens is 362 g/mol. The first kappa shape index (κ1) is 20.9. The van der Waals surface area contributed by atoms with Crippen molar-refractivity contribution in [1.82, 2.24) is 4.90 Å². The number of hydrogen-bond donors (Lipinski definition) is 1. The summed E-state index contributed by atoms with van der Waals surface area (Å²) < 4.78 is 4.84. The van der Waals surface area contributed by atoms with Crippen molar-refractivity contribution in [1.29, 1.82) is 0 Å². The summed E-state index contributed by atoms with van der Waals surface area (Å²) in [6.45, 7) is 4.67. The Balaban J connectivity index is 1.99. The number of nitrogens with one attached hydrogen (secondary N) is 1. The monoisotopic (exact) mass is 389 g/mol. The summed E-state index contributed by atoms with van der Waals surface area (Å²) in [6.07, 6.45) is 0. The molecule has 0 fully saturated rings. The van der Waals surface area contributed by atoms with Crippen LogP contribution in [-0.2, 0) is 16.1 Å². The first-order chi connectivity index (χ1) is 12.7. The largest absolute Gasteiger partial charge is 0.465 e. The van der Waals surface area contributed by atoms with Crippen molar-refractivity contribution < 1.29 is 14.3 Å². The average molecular weight is 390 g/mol. The maximum absolute atomic E-state index is 12.4. The number of thiophene rings is 1. The highest BCUT2D eigenvalue weighted by atomic mass is 32.1. The van der Waals surface area contributed by atoms with Gasteiger partial charge in [0.1, 0.15) is 5.00 Å². The standard InChI is InChI=1S/C20H27N3O3S/c1-13-14(2)27-19(18(13)20(25)26-6)21-17(24)12-23(5)11-15-7-9-16(10-8-15)22(3)4/h7-10H,11-12H2,1-6H3,(H,21,24). The van der Waals surface area contributed by atoms with E-state index in [0.29, 0.717) is 17.1 Å². The molecule has 0 spiro atoms. The number of hydrogen-bond acceptors (Lipinski definition) is 6. The van der Waals surface area contributed by atoms with Crippen molar-refractivity contribution in [2.45, 2.75) is 20.4 Å². The van der Waals surface area contributed by atoms with Gasteiger partial charge in [0.25, 0.3) is 0 Å². The van der Waals surface area contributed by atoms with Gasteiger partial charge >= 0.3 is 5.97 Å². The highest BCUT2D eigenvalue weighted by molar-refractivity contribution is 7.16. The molecule has 0 unspecified atom stereocenters. The lowest BCUT2D eigenvalue weighted by atomic mass is 10.1. The zero-order valence-corrected chi connectivity index (χ0v) is 17.6. The molecule has 2 aromatic rings. The minimum Gasteiger partial charge on any atom is -0.465 e. The summed E-state index contributed by atoms with van der Waals surface area (Å²) in [5.74, 6) is -0.588. The van der Waals surface area contributed by atoms with Gasteiger partial charge in [0.2, 0.25) is 5.91 Å². The predicted octanol–water partition coefficient (Wildman–Crippen LogP) is 3.29. The second-order valence-electron chi connectivity index (χ2n) is 6.76. The Morgan fingerprint density at radius 1 is 1.11 bits per heavy atom. The van der Waals surface area contributed by atoms with Crippen LogP contribution in [-0.4, -0.2) is 51.6 Å². The molecule has 1 heterocycles. The summed E-state index contributed by atoms with van der Waals surface area (Å²) in [4.78, 5) is 29.4. The van der Waals surface area contributed by atoms with Crippen molar-refractivity contribution in [3.05, 3.63) is 45.8 Å². The fourth-order valence-corrected chi connectivity index (χ4v) is 3.81. The van der Waals surface area contributed by atoms with Gasteiger partial charge < -0.3 is 15.0 Å². The van der Waals surface area contributed by atoms with Crippen LogP contribution in [0.25, 0.3) is 0 Å². The van der Waals surface area contributed by atoms with E-state index >= 15 is 0 Å². The predicted molar refractivity (Wildman–Crippen MR) is 111 cm³/mol. The van der Waals surface area contributed by atoms with Crippen LogP contribution in [0, 0.1) is 13.8 Å².